The summed E-state index contributed by atoms with van der Waals surface area (Å²) in [6.07, 6.45) is -6.47. The minimum absolute atomic E-state index is 0.528. The van der Waals surface area contributed by atoms with Gasteiger partial charge in [-0.15, -0.1) is 0 Å². The van der Waals surface area contributed by atoms with Crippen molar-refractivity contribution in [2.24, 2.45) is 0 Å². The fraction of sp³-hybridized carbons (Fsp3) is 0.400. The van der Waals surface area contributed by atoms with Crippen LogP contribution in [-0.2, 0) is 0 Å². The van der Waals surface area contributed by atoms with E-state index in [4.69, 9.17) is 10.8 Å². The summed E-state index contributed by atoms with van der Waals surface area (Å²) in [5, 5.41) is 8.61. The Morgan fingerprint density at radius 2 is 1.73 bits per heavy atom. The molecule has 1 aromatic rings. The molecule has 0 fully saturated rings. The highest BCUT2D eigenvalue weighted by Gasteiger charge is 2.73. The van der Waals surface area contributed by atoms with Gasteiger partial charge in [0.1, 0.15) is 11.4 Å². The monoisotopic (exact) mass is 336 g/mol. The van der Waals surface area contributed by atoms with Gasteiger partial charge >= 0.3 is 24.0 Å². The van der Waals surface area contributed by atoms with E-state index in [9.17, 15) is 35.5 Å². The Kier molecular flexibility index (Phi) is 4.44. The van der Waals surface area contributed by atoms with E-state index in [0.29, 0.717) is 6.07 Å². The highest BCUT2D eigenvalue weighted by Crippen LogP contribution is 2.46. The van der Waals surface area contributed by atoms with Gasteiger partial charge in [0.05, 0.1) is 0 Å². The fourth-order valence-electron chi connectivity index (χ4n) is 1.18. The Hall–Kier alpha value is -2.27. The average Bonchev–Trinajstić information content (AvgIpc) is 2.34. The van der Waals surface area contributed by atoms with E-state index in [1.165, 1.54) is 0 Å². The first-order valence-corrected chi connectivity index (χ1v) is 5.24. The molecule has 1 heterocycles. The van der Waals surface area contributed by atoms with Gasteiger partial charge in [0.2, 0.25) is 5.88 Å². The first-order valence-electron chi connectivity index (χ1n) is 5.24. The highest BCUT2D eigenvalue weighted by molar-refractivity contribution is 5.92. The zero-order chi connectivity index (χ0) is 17.3. The molecule has 124 valence electrons. The van der Waals surface area contributed by atoms with E-state index < -0.39 is 47.9 Å². The molecule has 12 heteroatoms. The lowest BCUT2D eigenvalue weighted by Crippen LogP contribution is -2.54. The van der Waals surface area contributed by atoms with Crippen LogP contribution in [-0.4, -0.2) is 40.7 Å². The lowest BCUT2D eigenvalue weighted by atomic mass is 10.2. The summed E-state index contributed by atoms with van der Waals surface area (Å²) in [6, 6.07) is 1.45. The predicted octanol–water partition coefficient (Wildman–Crippen LogP) is 2.57. The summed E-state index contributed by atoms with van der Waals surface area (Å²) in [4.78, 5) is 13.7. The number of aromatic nitrogens is 1. The molecule has 5 nitrogen and oxygen atoms in total. The van der Waals surface area contributed by atoms with Crippen molar-refractivity contribution in [2.45, 2.75) is 18.0 Å². The van der Waals surface area contributed by atoms with Crippen molar-refractivity contribution < 1.29 is 45.4 Å². The van der Waals surface area contributed by atoms with Gasteiger partial charge < -0.3 is 15.6 Å². The molecule has 0 aliphatic carbocycles. The predicted molar refractivity (Wildman–Crippen MR) is 57.1 cm³/mol. The van der Waals surface area contributed by atoms with Crippen LogP contribution in [0.15, 0.2) is 12.1 Å². The maximum absolute atomic E-state index is 12.9. The van der Waals surface area contributed by atoms with Gasteiger partial charge in [0.25, 0.3) is 0 Å². The van der Waals surface area contributed by atoms with Gasteiger partial charge in [0.15, 0.2) is 6.61 Å². The van der Waals surface area contributed by atoms with E-state index in [0.717, 1.165) is 6.07 Å². The number of carboxylic acid groups (broad SMARTS) is 1. The second-order valence-corrected chi connectivity index (χ2v) is 3.95. The second-order valence-electron chi connectivity index (χ2n) is 3.95. The van der Waals surface area contributed by atoms with Crippen LogP contribution in [0.4, 0.5) is 36.6 Å². The molecule has 0 spiro atoms. The highest BCUT2D eigenvalue weighted by atomic mass is 19.4. The molecule has 22 heavy (non-hydrogen) atoms. The van der Waals surface area contributed by atoms with Gasteiger partial charge in [0, 0.05) is 6.07 Å². The Morgan fingerprint density at radius 1 is 1.18 bits per heavy atom. The van der Waals surface area contributed by atoms with E-state index in [1.54, 1.807) is 0 Å². The lowest BCUT2D eigenvalue weighted by Gasteiger charge is -2.27. The molecule has 0 bridgehead atoms. The first-order chi connectivity index (χ1) is 9.79. The maximum Gasteiger partial charge on any atom is 0.460 e. The molecule has 0 saturated heterocycles. The molecule has 0 aliphatic rings. The number of ether oxygens (including phenoxy) is 1. The van der Waals surface area contributed by atoms with Crippen molar-refractivity contribution in [3.8, 4) is 5.88 Å². The number of nitrogens with two attached hydrogens (primary N) is 1. The molecular weight excluding hydrogens is 329 g/mol. The smallest absolute Gasteiger partial charge is 0.460 e. The number of carboxylic acids is 1. The molecule has 0 saturated carbocycles. The molecule has 3 N–H and O–H groups in total. The number of anilines is 1. The Labute approximate surface area is 117 Å². The average molecular weight is 336 g/mol. The molecule has 0 atom stereocenters. The van der Waals surface area contributed by atoms with Crippen molar-refractivity contribution in [2.75, 3.05) is 12.3 Å². The van der Waals surface area contributed by atoms with Gasteiger partial charge in [-0.3, -0.25) is 0 Å². The number of carbonyl (C=O) groups is 1. The molecule has 0 amide bonds. The van der Waals surface area contributed by atoms with Crippen molar-refractivity contribution >= 4 is 11.8 Å². The quantitative estimate of drug-likeness (QED) is 0.807. The molecular formula is C10H7F7N2O3. The van der Waals surface area contributed by atoms with Crippen LogP contribution in [0, 0.1) is 0 Å². The van der Waals surface area contributed by atoms with Gasteiger partial charge in [-0.05, 0) is 6.07 Å². The van der Waals surface area contributed by atoms with E-state index in [1.807, 2.05) is 0 Å². The summed E-state index contributed by atoms with van der Waals surface area (Å²) in [5.41, 5.74) is 4.60. The molecule has 1 aromatic heterocycles. The van der Waals surface area contributed by atoms with Gasteiger partial charge in [-0.2, -0.15) is 35.7 Å². The summed E-state index contributed by atoms with van der Waals surface area (Å²) in [7, 11) is 0. The third kappa shape index (κ3) is 3.31. The Balaban J connectivity index is 2.90. The third-order valence-corrected chi connectivity index (χ3v) is 2.35. The third-order valence-electron chi connectivity index (χ3n) is 2.35. The Morgan fingerprint density at radius 3 is 2.14 bits per heavy atom. The van der Waals surface area contributed by atoms with Crippen LogP contribution < -0.4 is 10.5 Å². The molecule has 1 rings (SSSR count). The van der Waals surface area contributed by atoms with Crippen LogP contribution >= 0.6 is 0 Å². The zero-order valence-corrected chi connectivity index (χ0v) is 10.3. The molecule has 0 aromatic carbocycles. The van der Waals surface area contributed by atoms with E-state index in [2.05, 4.69) is 9.72 Å². The lowest BCUT2D eigenvalue weighted by molar-refractivity contribution is -0.358. The minimum atomic E-state index is -6.47. The van der Waals surface area contributed by atoms with Crippen molar-refractivity contribution in [1.29, 1.82) is 0 Å². The van der Waals surface area contributed by atoms with Crippen molar-refractivity contribution in [3.05, 3.63) is 17.7 Å². The molecule has 0 radical (unpaired) electrons. The first kappa shape index (κ1) is 17.8. The number of alkyl halides is 7. The summed E-state index contributed by atoms with van der Waals surface area (Å²) in [6.45, 7) is -2.33. The summed E-state index contributed by atoms with van der Waals surface area (Å²) in [5.74, 6) is -14.9. The number of hydrogen-bond acceptors (Lipinski definition) is 4. The van der Waals surface area contributed by atoms with Crippen LogP contribution in [0.2, 0.25) is 0 Å². The number of nitrogen functional groups attached to an aromatic ring is 1. The SMILES string of the molecule is Nc1nc(OCC(F)(F)C(F)(F)C(F)(F)F)ccc1C(=O)O. The van der Waals surface area contributed by atoms with E-state index in [-0.39, 0.29) is 0 Å². The summed E-state index contributed by atoms with van der Waals surface area (Å²) < 4.78 is 90.7. The van der Waals surface area contributed by atoms with Gasteiger partial charge in [-0.1, -0.05) is 0 Å². The zero-order valence-electron chi connectivity index (χ0n) is 10.3. The number of aromatic carboxylic acids is 1. The standard InChI is InChI=1S/C10H7F7N2O3/c11-8(12,9(13,14)10(15,16)17)3-22-5-2-1-4(7(20)21)6(18)19-5/h1-2H,3H2,(H2,18,19)(H,20,21). The second kappa shape index (κ2) is 5.50. The normalized spacial score (nSPS) is 13.0. The Bertz CT molecular complexity index is 574. The molecule has 0 unspecified atom stereocenters. The molecule has 0 aliphatic heterocycles. The van der Waals surface area contributed by atoms with Crippen LogP contribution in [0.1, 0.15) is 10.4 Å². The van der Waals surface area contributed by atoms with Gasteiger partial charge in [-0.25, -0.2) is 4.79 Å². The van der Waals surface area contributed by atoms with E-state index >= 15 is 0 Å². The topological polar surface area (TPSA) is 85.4 Å². The summed E-state index contributed by atoms with van der Waals surface area (Å²) >= 11 is 0. The van der Waals surface area contributed by atoms with Crippen molar-refractivity contribution in [1.82, 2.24) is 4.98 Å². The number of rotatable bonds is 5. The van der Waals surface area contributed by atoms with Crippen LogP contribution in [0.5, 0.6) is 5.88 Å². The number of nitrogens with zero attached hydrogens (tertiary/aromatic N) is 1. The number of pyridine rings is 1. The minimum Gasteiger partial charge on any atom is -0.478 e. The van der Waals surface area contributed by atoms with Crippen LogP contribution in [0.3, 0.4) is 0 Å². The largest absolute Gasteiger partial charge is 0.478 e. The fourth-order valence-corrected chi connectivity index (χ4v) is 1.18. The number of halogens is 7. The number of hydrogen-bond donors (Lipinski definition) is 2. The maximum atomic E-state index is 12.9. The van der Waals surface area contributed by atoms with Crippen molar-refractivity contribution in [3.63, 3.8) is 0 Å². The van der Waals surface area contributed by atoms with Crippen LogP contribution in [0.25, 0.3) is 0 Å².